The maximum Gasteiger partial charge on any atom is 0.175 e. The molecule has 2 aromatic carbocycles. The molecule has 0 radical (unpaired) electrons. The van der Waals surface area contributed by atoms with Crippen LogP contribution in [0.15, 0.2) is 46.5 Å². The van der Waals surface area contributed by atoms with Crippen LogP contribution in [0.4, 0.5) is 4.39 Å². The Bertz CT molecular complexity index is 867. The number of hydrogen-bond acceptors (Lipinski definition) is 3. The van der Waals surface area contributed by atoms with Crippen LogP contribution < -0.4 is 14.8 Å². The molecule has 2 aromatic rings. The summed E-state index contributed by atoms with van der Waals surface area (Å²) in [5.41, 5.74) is 3.00. The molecule has 0 saturated carbocycles. The third kappa shape index (κ3) is 6.47. The number of nitrogens with one attached hydrogen (secondary N) is 1. The van der Waals surface area contributed by atoms with Gasteiger partial charge in [0.15, 0.2) is 11.5 Å². The van der Waals surface area contributed by atoms with E-state index in [1.807, 2.05) is 19.1 Å². The highest BCUT2D eigenvalue weighted by Crippen LogP contribution is 2.38. The Morgan fingerprint density at radius 3 is 2.80 bits per heavy atom. The minimum Gasteiger partial charge on any atom is -0.490 e. The number of ether oxygens (including phenoxy) is 2. The minimum atomic E-state index is -0.384. The predicted molar refractivity (Wildman–Crippen MR) is 124 cm³/mol. The smallest absolute Gasteiger partial charge is 0.175 e. The highest BCUT2D eigenvalue weighted by Gasteiger charge is 2.15. The van der Waals surface area contributed by atoms with Gasteiger partial charge < -0.3 is 14.8 Å². The molecule has 0 aromatic heterocycles. The summed E-state index contributed by atoms with van der Waals surface area (Å²) >= 11 is 9.70. The van der Waals surface area contributed by atoms with Crippen LogP contribution in [0.1, 0.15) is 50.2 Å². The van der Waals surface area contributed by atoms with Gasteiger partial charge in [-0.25, -0.2) is 4.39 Å². The molecular formula is C24H28BrClFNO2. The van der Waals surface area contributed by atoms with E-state index in [1.165, 1.54) is 31.7 Å². The van der Waals surface area contributed by atoms with Crippen LogP contribution in [-0.2, 0) is 13.2 Å². The van der Waals surface area contributed by atoms with Gasteiger partial charge in [0.1, 0.15) is 12.4 Å². The SMILES string of the molecule is CCOc1cc(CNCCC2=CCCCC2)cc(Br)c1OCc1c(F)cccc1Cl. The van der Waals surface area contributed by atoms with Gasteiger partial charge in [-0.15, -0.1) is 0 Å². The summed E-state index contributed by atoms with van der Waals surface area (Å²) in [7, 11) is 0. The van der Waals surface area contributed by atoms with Crippen LogP contribution >= 0.6 is 27.5 Å². The van der Waals surface area contributed by atoms with E-state index in [1.54, 1.807) is 17.7 Å². The van der Waals surface area contributed by atoms with E-state index in [-0.39, 0.29) is 12.4 Å². The van der Waals surface area contributed by atoms with Crippen molar-refractivity contribution < 1.29 is 13.9 Å². The van der Waals surface area contributed by atoms with Crippen LogP contribution in [0.25, 0.3) is 0 Å². The zero-order chi connectivity index (χ0) is 21.3. The molecule has 0 spiro atoms. The van der Waals surface area contributed by atoms with Crippen LogP contribution in [0, 0.1) is 5.82 Å². The lowest BCUT2D eigenvalue weighted by Crippen LogP contribution is -2.16. The Labute approximate surface area is 191 Å². The van der Waals surface area contributed by atoms with Crippen LogP contribution in [0.5, 0.6) is 11.5 Å². The molecule has 0 amide bonds. The monoisotopic (exact) mass is 495 g/mol. The van der Waals surface area contributed by atoms with Crippen molar-refractivity contribution in [2.75, 3.05) is 13.2 Å². The number of benzene rings is 2. The molecule has 1 aliphatic carbocycles. The van der Waals surface area contributed by atoms with E-state index >= 15 is 0 Å². The van der Waals surface area contributed by atoms with Crippen LogP contribution in [-0.4, -0.2) is 13.2 Å². The van der Waals surface area contributed by atoms with Gasteiger partial charge in [0.2, 0.25) is 0 Å². The van der Waals surface area contributed by atoms with Crippen LogP contribution in [0.3, 0.4) is 0 Å². The summed E-state index contributed by atoms with van der Waals surface area (Å²) < 4.78 is 26.5. The molecule has 162 valence electrons. The van der Waals surface area contributed by atoms with Gasteiger partial charge in [-0.3, -0.25) is 0 Å². The molecule has 0 heterocycles. The van der Waals surface area contributed by atoms with Crippen molar-refractivity contribution in [2.24, 2.45) is 0 Å². The van der Waals surface area contributed by atoms with Crippen molar-refractivity contribution in [1.29, 1.82) is 0 Å². The Hall–Kier alpha value is -1.56. The Balaban J connectivity index is 1.63. The van der Waals surface area contributed by atoms with Crippen molar-refractivity contribution in [3.05, 3.63) is 68.4 Å². The van der Waals surface area contributed by atoms with Gasteiger partial charge in [-0.05, 0) is 91.3 Å². The topological polar surface area (TPSA) is 30.5 Å². The molecule has 3 rings (SSSR count). The fourth-order valence-corrected chi connectivity index (χ4v) is 4.38. The van der Waals surface area contributed by atoms with Crippen molar-refractivity contribution in [2.45, 2.75) is 52.2 Å². The molecule has 0 unspecified atom stereocenters. The third-order valence-corrected chi connectivity index (χ3v) is 6.07. The molecule has 6 heteroatoms. The molecule has 1 N–H and O–H groups in total. The molecule has 1 aliphatic rings. The molecule has 0 fully saturated rings. The first-order chi connectivity index (χ1) is 14.6. The van der Waals surface area contributed by atoms with E-state index in [0.29, 0.717) is 28.7 Å². The summed E-state index contributed by atoms with van der Waals surface area (Å²) in [6.45, 7) is 4.16. The summed E-state index contributed by atoms with van der Waals surface area (Å²) in [4.78, 5) is 0. The van der Waals surface area contributed by atoms with E-state index in [9.17, 15) is 4.39 Å². The second-order valence-electron chi connectivity index (χ2n) is 7.36. The molecule has 0 aliphatic heterocycles. The molecule has 3 nitrogen and oxygen atoms in total. The quantitative estimate of drug-likeness (QED) is 0.279. The largest absolute Gasteiger partial charge is 0.490 e. The fraction of sp³-hybridized carbons (Fsp3) is 0.417. The molecule has 0 saturated heterocycles. The predicted octanol–water partition coefficient (Wildman–Crippen LogP) is 7.20. The maximum atomic E-state index is 14.1. The normalized spacial score (nSPS) is 13.8. The van der Waals surface area contributed by atoms with Gasteiger partial charge in [-0.1, -0.05) is 29.3 Å². The average molecular weight is 497 g/mol. The van der Waals surface area contributed by atoms with Gasteiger partial charge in [0.25, 0.3) is 0 Å². The van der Waals surface area contributed by atoms with E-state index in [2.05, 4.69) is 27.3 Å². The molecule has 0 atom stereocenters. The van der Waals surface area contributed by atoms with Gasteiger partial charge in [0, 0.05) is 12.1 Å². The lowest BCUT2D eigenvalue weighted by Gasteiger charge is -2.17. The zero-order valence-electron chi connectivity index (χ0n) is 17.3. The molecular weight excluding hydrogens is 469 g/mol. The Morgan fingerprint density at radius 1 is 1.20 bits per heavy atom. The number of hydrogen-bond donors (Lipinski definition) is 1. The van der Waals surface area contributed by atoms with Crippen LogP contribution in [0.2, 0.25) is 5.02 Å². The highest BCUT2D eigenvalue weighted by atomic mass is 79.9. The number of allylic oxidation sites excluding steroid dienone is 1. The summed E-state index contributed by atoms with van der Waals surface area (Å²) in [6, 6.07) is 8.59. The standard InChI is InChI=1S/C24H28BrClFNO2/c1-2-29-23-14-18(15-28-12-11-17-7-4-3-5-8-17)13-20(25)24(23)30-16-19-21(26)9-6-10-22(19)27/h6-7,9-10,13-14,28H,2-5,8,11-12,15-16H2,1H3. The maximum absolute atomic E-state index is 14.1. The van der Waals surface area contributed by atoms with E-state index in [0.717, 1.165) is 29.5 Å². The van der Waals surface area contributed by atoms with Gasteiger partial charge in [-0.2, -0.15) is 0 Å². The van der Waals surface area contributed by atoms with Crippen molar-refractivity contribution in [1.82, 2.24) is 5.32 Å². The average Bonchev–Trinajstić information content (AvgIpc) is 2.73. The molecule has 30 heavy (non-hydrogen) atoms. The van der Waals surface area contributed by atoms with Crippen molar-refractivity contribution in [3.63, 3.8) is 0 Å². The number of halogens is 3. The van der Waals surface area contributed by atoms with Gasteiger partial charge >= 0.3 is 0 Å². The second-order valence-corrected chi connectivity index (χ2v) is 8.62. The first-order valence-corrected chi connectivity index (χ1v) is 11.6. The first-order valence-electron chi connectivity index (χ1n) is 10.5. The Kier molecular flexibility index (Phi) is 9.04. The minimum absolute atomic E-state index is 0.0247. The summed E-state index contributed by atoms with van der Waals surface area (Å²) in [6.07, 6.45) is 8.59. The second kappa shape index (κ2) is 11.7. The summed E-state index contributed by atoms with van der Waals surface area (Å²) in [5.74, 6) is 0.795. The summed E-state index contributed by atoms with van der Waals surface area (Å²) in [5, 5.41) is 3.86. The van der Waals surface area contributed by atoms with Crippen molar-refractivity contribution in [3.8, 4) is 11.5 Å². The Morgan fingerprint density at radius 2 is 2.07 bits per heavy atom. The lowest BCUT2D eigenvalue weighted by atomic mass is 9.97. The molecule has 0 bridgehead atoms. The first kappa shape index (κ1) is 23.1. The fourth-order valence-electron chi connectivity index (χ4n) is 3.55. The number of rotatable bonds is 10. The van der Waals surface area contributed by atoms with E-state index < -0.39 is 0 Å². The van der Waals surface area contributed by atoms with Crippen molar-refractivity contribution >= 4 is 27.5 Å². The zero-order valence-corrected chi connectivity index (χ0v) is 19.6. The van der Waals surface area contributed by atoms with E-state index in [4.69, 9.17) is 21.1 Å². The highest BCUT2D eigenvalue weighted by molar-refractivity contribution is 9.10. The lowest BCUT2D eigenvalue weighted by molar-refractivity contribution is 0.264. The van der Waals surface area contributed by atoms with Gasteiger partial charge in [0.05, 0.1) is 16.1 Å². The third-order valence-electron chi connectivity index (χ3n) is 5.13.